The number of hydrogen-bond donors (Lipinski definition) is 1. The van der Waals surface area contributed by atoms with Gasteiger partial charge in [-0.2, -0.15) is 13.2 Å². The highest BCUT2D eigenvalue weighted by Gasteiger charge is 2.34. The summed E-state index contributed by atoms with van der Waals surface area (Å²) in [5, 5.41) is 2.69. The second-order valence-corrected chi connectivity index (χ2v) is 5.93. The molecule has 0 aliphatic rings. The van der Waals surface area contributed by atoms with Crippen LogP contribution in [0.5, 0.6) is 0 Å². The molecule has 0 spiro atoms. The maximum absolute atomic E-state index is 13.1. The minimum Gasteiger partial charge on any atom is -0.457 e. The fraction of sp³-hybridized carbons (Fsp3) is 0.0952. The molecule has 1 aromatic heterocycles. The SMILES string of the molecule is Cc1ccc(NC(=O)/C=C/c2ccc(-c3ccccc3C(F)(F)F)o2)cc1. The lowest BCUT2D eigenvalue weighted by molar-refractivity contribution is -0.137. The number of amides is 1. The highest BCUT2D eigenvalue weighted by atomic mass is 19.4. The molecule has 0 aliphatic heterocycles. The van der Waals surface area contributed by atoms with Crippen molar-refractivity contribution < 1.29 is 22.4 Å². The Balaban J connectivity index is 1.74. The third-order valence-electron chi connectivity index (χ3n) is 3.84. The summed E-state index contributed by atoms with van der Waals surface area (Å²) in [4.78, 5) is 11.9. The largest absolute Gasteiger partial charge is 0.457 e. The summed E-state index contributed by atoms with van der Waals surface area (Å²) in [5.41, 5.74) is 0.904. The minimum absolute atomic E-state index is 0.0474. The molecule has 0 atom stereocenters. The number of hydrogen-bond acceptors (Lipinski definition) is 2. The maximum Gasteiger partial charge on any atom is 0.417 e. The number of halogens is 3. The molecule has 0 fully saturated rings. The summed E-state index contributed by atoms with van der Waals surface area (Å²) in [6.45, 7) is 1.94. The molecule has 0 aliphatic carbocycles. The number of aryl methyl sites for hydroxylation is 1. The molecule has 1 N–H and O–H groups in total. The zero-order valence-electron chi connectivity index (χ0n) is 14.4. The van der Waals surface area contributed by atoms with Gasteiger partial charge in [-0.15, -0.1) is 0 Å². The van der Waals surface area contributed by atoms with Gasteiger partial charge in [0.1, 0.15) is 11.5 Å². The van der Waals surface area contributed by atoms with Crippen molar-refractivity contribution in [1.82, 2.24) is 0 Å². The first kappa shape index (κ1) is 18.5. The Bertz CT molecular complexity index is 970. The topological polar surface area (TPSA) is 42.2 Å². The Labute approximate surface area is 154 Å². The molecular formula is C21H16F3NO2. The van der Waals surface area contributed by atoms with E-state index in [1.165, 1.54) is 42.5 Å². The summed E-state index contributed by atoms with van der Waals surface area (Å²) in [6.07, 6.45) is -1.81. The molecule has 0 radical (unpaired) electrons. The number of furan rings is 1. The summed E-state index contributed by atoms with van der Waals surface area (Å²) in [7, 11) is 0. The molecule has 2 aromatic carbocycles. The van der Waals surface area contributed by atoms with Crippen LogP contribution in [0, 0.1) is 6.92 Å². The van der Waals surface area contributed by atoms with Crippen LogP contribution < -0.4 is 5.32 Å². The predicted octanol–water partition coefficient (Wildman–Crippen LogP) is 5.93. The summed E-state index contributed by atoms with van der Waals surface area (Å²) in [6, 6.07) is 15.4. The van der Waals surface area contributed by atoms with Crippen LogP contribution in [0.15, 0.2) is 71.2 Å². The minimum atomic E-state index is -4.48. The number of benzene rings is 2. The van der Waals surface area contributed by atoms with Gasteiger partial charge in [-0.1, -0.05) is 35.9 Å². The normalized spacial score (nSPS) is 11.7. The van der Waals surface area contributed by atoms with Crippen LogP contribution in [-0.2, 0) is 11.0 Å². The van der Waals surface area contributed by atoms with Crippen LogP contribution in [0.3, 0.4) is 0 Å². The molecule has 0 saturated carbocycles. The number of carbonyl (C=O) groups excluding carboxylic acids is 1. The van der Waals surface area contributed by atoms with E-state index in [4.69, 9.17) is 4.42 Å². The number of alkyl halides is 3. The van der Waals surface area contributed by atoms with E-state index >= 15 is 0 Å². The molecule has 0 bridgehead atoms. The van der Waals surface area contributed by atoms with E-state index in [1.54, 1.807) is 12.1 Å². The molecule has 0 unspecified atom stereocenters. The molecular weight excluding hydrogens is 355 g/mol. The average molecular weight is 371 g/mol. The Morgan fingerprint density at radius 3 is 2.41 bits per heavy atom. The summed E-state index contributed by atoms with van der Waals surface area (Å²) < 4.78 is 44.8. The number of nitrogens with one attached hydrogen (secondary N) is 1. The fourth-order valence-electron chi connectivity index (χ4n) is 2.51. The van der Waals surface area contributed by atoms with Gasteiger partial charge in [0.2, 0.25) is 5.91 Å². The summed E-state index contributed by atoms with van der Waals surface area (Å²) in [5.74, 6) is -0.00459. The van der Waals surface area contributed by atoms with Gasteiger partial charge in [-0.3, -0.25) is 4.79 Å². The predicted molar refractivity (Wildman–Crippen MR) is 98.0 cm³/mol. The quantitative estimate of drug-likeness (QED) is 0.578. The Morgan fingerprint density at radius 1 is 1.00 bits per heavy atom. The van der Waals surface area contributed by atoms with Gasteiger partial charge in [0.25, 0.3) is 0 Å². The Morgan fingerprint density at radius 2 is 1.70 bits per heavy atom. The third kappa shape index (κ3) is 4.67. The highest BCUT2D eigenvalue weighted by molar-refractivity contribution is 6.01. The monoisotopic (exact) mass is 371 g/mol. The van der Waals surface area contributed by atoms with Crippen molar-refractivity contribution in [3.8, 4) is 11.3 Å². The Kier molecular flexibility index (Phi) is 5.16. The molecule has 3 nitrogen and oxygen atoms in total. The highest BCUT2D eigenvalue weighted by Crippen LogP contribution is 2.37. The van der Waals surface area contributed by atoms with Crippen LogP contribution in [0.2, 0.25) is 0 Å². The molecule has 27 heavy (non-hydrogen) atoms. The first-order valence-corrected chi connectivity index (χ1v) is 8.15. The molecule has 3 aromatic rings. The van der Waals surface area contributed by atoms with E-state index in [-0.39, 0.29) is 23.0 Å². The van der Waals surface area contributed by atoms with Crippen LogP contribution in [0.4, 0.5) is 18.9 Å². The lowest BCUT2D eigenvalue weighted by Crippen LogP contribution is -2.07. The molecule has 1 heterocycles. The van der Waals surface area contributed by atoms with E-state index in [2.05, 4.69) is 5.32 Å². The van der Waals surface area contributed by atoms with Crippen molar-refractivity contribution in [2.75, 3.05) is 5.32 Å². The first-order valence-electron chi connectivity index (χ1n) is 8.15. The number of carbonyl (C=O) groups is 1. The van der Waals surface area contributed by atoms with Crippen molar-refractivity contribution in [3.63, 3.8) is 0 Å². The van der Waals surface area contributed by atoms with Crippen molar-refractivity contribution in [2.24, 2.45) is 0 Å². The van der Waals surface area contributed by atoms with Gasteiger partial charge in [0.05, 0.1) is 5.56 Å². The standard InChI is InChI=1S/C21H16F3NO2/c1-14-6-8-15(9-7-14)25-20(26)13-11-16-10-12-19(27-16)17-4-2-3-5-18(17)21(22,23)24/h2-13H,1H3,(H,25,26)/b13-11+. The molecule has 138 valence electrons. The lowest BCUT2D eigenvalue weighted by atomic mass is 10.1. The first-order chi connectivity index (χ1) is 12.8. The Hall–Kier alpha value is -3.28. The van der Waals surface area contributed by atoms with E-state index < -0.39 is 11.7 Å². The smallest absolute Gasteiger partial charge is 0.417 e. The van der Waals surface area contributed by atoms with Crippen LogP contribution in [0.25, 0.3) is 17.4 Å². The van der Waals surface area contributed by atoms with E-state index in [0.717, 1.165) is 11.6 Å². The van der Waals surface area contributed by atoms with Gasteiger partial charge in [-0.25, -0.2) is 0 Å². The second kappa shape index (κ2) is 7.53. The van der Waals surface area contributed by atoms with Crippen molar-refractivity contribution in [1.29, 1.82) is 0 Å². The molecule has 6 heteroatoms. The number of anilines is 1. The van der Waals surface area contributed by atoms with Crippen molar-refractivity contribution >= 4 is 17.7 Å². The van der Waals surface area contributed by atoms with Gasteiger partial charge < -0.3 is 9.73 Å². The lowest BCUT2D eigenvalue weighted by Gasteiger charge is -2.10. The maximum atomic E-state index is 13.1. The van der Waals surface area contributed by atoms with E-state index in [0.29, 0.717) is 5.69 Å². The second-order valence-electron chi connectivity index (χ2n) is 5.93. The summed E-state index contributed by atoms with van der Waals surface area (Å²) >= 11 is 0. The zero-order valence-corrected chi connectivity index (χ0v) is 14.4. The third-order valence-corrected chi connectivity index (χ3v) is 3.84. The van der Waals surface area contributed by atoms with Gasteiger partial charge in [-0.05, 0) is 43.3 Å². The van der Waals surface area contributed by atoms with Crippen LogP contribution in [0.1, 0.15) is 16.9 Å². The fourth-order valence-corrected chi connectivity index (χ4v) is 2.51. The van der Waals surface area contributed by atoms with Crippen LogP contribution >= 0.6 is 0 Å². The molecule has 1 amide bonds. The molecule has 0 saturated heterocycles. The van der Waals surface area contributed by atoms with E-state index in [9.17, 15) is 18.0 Å². The number of rotatable bonds is 4. The van der Waals surface area contributed by atoms with Gasteiger partial charge >= 0.3 is 6.18 Å². The van der Waals surface area contributed by atoms with Gasteiger partial charge in [0, 0.05) is 17.3 Å². The zero-order chi connectivity index (χ0) is 19.4. The van der Waals surface area contributed by atoms with Crippen molar-refractivity contribution in [3.05, 3.63) is 83.6 Å². The van der Waals surface area contributed by atoms with E-state index in [1.807, 2.05) is 19.1 Å². The van der Waals surface area contributed by atoms with Gasteiger partial charge in [0.15, 0.2) is 0 Å². The average Bonchev–Trinajstić information content (AvgIpc) is 3.10. The van der Waals surface area contributed by atoms with Crippen molar-refractivity contribution in [2.45, 2.75) is 13.1 Å². The molecule has 3 rings (SSSR count). The van der Waals surface area contributed by atoms with Crippen LogP contribution in [-0.4, -0.2) is 5.91 Å².